The minimum absolute atomic E-state index is 0.157. The molecule has 0 saturated carbocycles. The van der Waals surface area contributed by atoms with Gasteiger partial charge in [0.15, 0.2) is 11.5 Å². The molecule has 0 radical (unpaired) electrons. The van der Waals surface area contributed by atoms with Gasteiger partial charge in [-0.05, 0) is 29.7 Å². The number of rotatable bonds is 6. The van der Waals surface area contributed by atoms with Crippen molar-refractivity contribution >= 4 is 0 Å². The highest BCUT2D eigenvalue weighted by atomic mass is 16.7. The average molecular weight is 285 g/mol. The van der Waals surface area contributed by atoms with Crippen molar-refractivity contribution in [3.05, 3.63) is 59.7 Å². The van der Waals surface area contributed by atoms with Crippen molar-refractivity contribution in [1.29, 1.82) is 0 Å². The molecule has 0 aromatic heterocycles. The van der Waals surface area contributed by atoms with E-state index in [1.54, 1.807) is 0 Å². The van der Waals surface area contributed by atoms with E-state index in [9.17, 15) is 0 Å². The fourth-order valence-electron chi connectivity index (χ4n) is 2.28. The van der Waals surface area contributed by atoms with Crippen LogP contribution in [-0.4, -0.2) is 20.0 Å². The van der Waals surface area contributed by atoms with Crippen molar-refractivity contribution in [1.82, 2.24) is 0 Å². The van der Waals surface area contributed by atoms with Gasteiger partial charge in [0.25, 0.3) is 0 Å². The van der Waals surface area contributed by atoms with Crippen LogP contribution in [0.5, 0.6) is 11.5 Å². The standard InChI is InChI=1S/C17H19NO3/c18-15(11-19-9-8-13-4-2-1-3-5-13)14-6-7-16-17(10-14)21-12-20-16/h1-7,10,15H,8-9,11-12,18H2. The first kappa shape index (κ1) is 13.9. The molecular formula is C17H19NO3. The number of benzene rings is 2. The normalized spacial score (nSPS) is 14.1. The fourth-order valence-corrected chi connectivity index (χ4v) is 2.28. The summed E-state index contributed by atoms with van der Waals surface area (Å²) in [5, 5.41) is 0. The van der Waals surface area contributed by atoms with E-state index in [4.69, 9.17) is 19.9 Å². The van der Waals surface area contributed by atoms with Crippen molar-refractivity contribution in [2.75, 3.05) is 20.0 Å². The van der Waals surface area contributed by atoms with Crippen molar-refractivity contribution in [2.45, 2.75) is 12.5 Å². The first-order valence-electron chi connectivity index (χ1n) is 7.10. The first-order chi connectivity index (χ1) is 10.3. The van der Waals surface area contributed by atoms with Gasteiger partial charge < -0.3 is 19.9 Å². The summed E-state index contributed by atoms with van der Waals surface area (Å²) in [6, 6.07) is 15.9. The lowest BCUT2D eigenvalue weighted by molar-refractivity contribution is 0.124. The molecule has 4 nitrogen and oxygen atoms in total. The maximum Gasteiger partial charge on any atom is 0.231 e. The molecule has 0 bridgehead atoms. The topological polar surface area (TPSA) is 53.7 Å². The van der Waals surface area contributed by atoms with Gasteiger partial charge in [0, 0.05) is 0 Å². The van der Waals surface area contributed by atoms with Crippen LogP contribution in [0.3, 0.4) is 0 Å². The molecule has 21 heavy (non-hydrogen) atoms. The molecule has 1 unspecified atom stereocenters. The molecule has 2 aromatic carbocycles. The highest BCUT2D eigenvalue weighted by Gasteiger charge is 2.15. The molecule has 1 aliphatic rings. The lowest BCUT2D eigenvalue weighted by atomic mass is 10.1. The largest absolute Gasteiger partial charge is 0.454 e. The molecule has 1 atom stereocenters. The quantitative estimate of drug-likeness (QED) is 0.829. The SMILES string of the molecule is NC(COCCc1ccccc1)c1ccc2c(c1)OCO2. The Balaban J connectivity index is 1.47. The van der Waals surface area contributed by atoms with Gasteiger partial charge in [-0.25, -0.2) is 0 Å². The van der Waals surface area contributed by atoms with Crippen LogP contribution in [0.15, 0.2) is 48.5 Å². The Labute approximate surface area is 124 Å². The molecule has 2 N–H and O–H groups in total. The van der Waals surface area contributed by atoms with E-state index >= 15 is 0 Å². The van der Waals surface area contributed by atoms with E-state index in [-0.39, 0.29) is 12.8 Å². The lowest BCUT2D eigenvalue weighted by Crippen LogP contribution is -2.18. The Morgan fingerprint density at radius 1 is 1.05 bits per heavy atom. The fraction of sp³-hybridized carbons (Fsp3) is 0.294. The second-order valence-electron chi connectivity index (χ2n) is 5.03. The minimum Gasteiger partial charge on any atom is -0.454 e. The number of ether oxygens (including phenoxy) is 3. The van der Waals surface area contributed by atoms with Gasteiger partial charge in [-0.3, -0.25) is 0 Å². The van der Waals surface area contributed by atoms with Crippen LogP contribution in [0, 0.1) is 0 Å². The summed E-state index contributed by atoms with van der Waals surface area (Å²) in [5.74, 6) is 1.53. The van der Waals surface area contributed by atoms with Crippen LogP contribution in [0.1, 0.15) is 17.2 Å². The summed E-state index contributed by atoms with van der Waals surface area (Å²) >= 11 is 0. The van der Waals surface area contributed by atoms with E-state index in [2.05, 4.69) is 12.1 Å². The molecule has 0 amide bonds. The number of hydrogen-bond donors (Lipinski definition) is 1. The van der Waals surface area contributed by atoms with Crippen molar-refractivity contribution in [3.63, 3.8) is 0 Å². The van der Waals surface area contributed by atoms with Crippen LogP contribution in [-0.2, 0) is 11.2 Å². The number of nitrogens with two attached hydrogens (primary N) is 1. The van der Waals surface area contributed by atoms with Gasteiger partial charge in [-0.2, -0.15) is 0 Å². The Kier molecular flexibility index (Phi) is 4.38. The highest BCUT2D eigenvalue weighted by molar-refractivity contribution is 5.45. The van der Waals surface area contributed by atoms with Crippen LogP contribution >= 0.6 is 0 Å². The molecule has 1 heterocycles. The number of hydrogen-bond acceptors (Lipinski definition) is 4. The number of fused-ring (bicyclic) bond motifs is 1. The molecule has 0 saturated heterocycles. The maximum atomic E-state index is 6.15. The zero-order valence-corrected chi connectivity index (χ0v) is 11.8. The van der Waals surface area contributed by atoms with Crippen molar-refractivity contribution < 1.29 is 14.2 Å². The maximum absolute atomic E-state index is 6.15. The predicted molar refractivity (Wildman–Crippen MR) is 80.5 cm³/mol. The third kappa shape index (κ3) is 3.54. The Morgan fingerprint density at radius 3 is 2.71 bits per heavy atom. The van der Waals surface area contributed by atoms with Gasteiger partial charge in [-0.15, -0.1) is 0 Å². The molecule has 0 fully saturated rings. The molecule has 1 aliphatic heterocycles. The molecule has 3 rings (SSSR count). The van der Waals surface area contributed by atoms with E-state index in [1.807, 2.05) is 36.4 Å². The van der Waals surface area contributed by atoms with Gasteiger partial charge in [-0.1, -0.05) is 36.4 Å². The Morgan fingerprint density at radius 2 is 1.86 bits per heavy atom. The highest BCUT2D eigenvalue weighted by Crippen LogP contribution is 2.33. The summed E-state index contributed by atoms with van der Waals surface area (Å²) in [7, 11) is 0. The van der Waals surface area contributed by atoms with Crippen molar-refractivity contribution in [3.8, 4) is 11.5 Å². The molecule has 4 heteroatoms. The monoisotopic (exact) mass is 285 g/mol. The van der Waals surface area contributed by atoms with Crippen LogP contribution in [0.25, 0.3) is 0 Å². The second kappa shape index (κ2) is 6.61. The lowest BCUT2D eigenvalue weighted by Gasteiger charge is -2.13. The third-order valence-corrected chi connectivity index (χ3v) is 3.50. The van der Waals surface area contributed by atoms with Crippen LogP contribution in [0.4, 0.5) is 0 Å². The molecule has 0 spiro atoms. The Hall–Kier alpha value is -2.04. The van der Waals surface area contributed by atoms with Crippen LogP contribution < -0.4 is 15.2 Å². The zero-order valence-electron chi connectivity index (χ0n) is 11.8. The summed E-state index contributed by atoms with van der Waals surface area (Å²) in [6.45, 7) is 1.44. The van der Waals surface area contributed by atoms with Crippen molar-refractivity contribution in [2.24, 2.45) is 5.73 Å². The van der Waals surface area contributed by atoms with Gasteiger partial charge >= 0.3 is 0 Å². The summed E-state index contributed by atoms with van der Waals surface area (Å²) in [4.78, 5) is 0. The minimum atomic E-state index is -0.157. The van der Waals surface area contributed by atoms with E-state index in [0.29, 0.717) is 13.2 Å². The van der Waals surface area contributed by atoms with E-state index < -0.39 is 0 Å². The molecular weight excluding hydrogens is 266 g/mol. The van der Waals surface area contributed by atoms with E-state index in [0.717, 1.165) is 23.5 Å². The smallest absolute Gasteiger partial charge is 0.231 e. The van der Waals surface area contributed by atoms with Gasteiger partial charge in [0.1, 0.15) is 0 Å². The second-order valence-corrected chi connectivity index (χ2v) is 5.03. The average Bonchev–Trinajstić information content (AvgIpc) is 3.00. The summed E-state index contributed by atoms with van der Waals surface area (Å²) < 4.78 is 16.3. The van der Waals surface area contributed by atoms with Gasteiger partial charge in [0.05, 0.1) is 19.3 Å². The molecule has 2 aromatic rings. The zero-order chi connectivity index (χ0) is 14.5. The van der Waals surface area contributed by atoms with E-state index in [1.165, 1.54) is 5.56 Å². The first-order valence-corrected chi connectivity index (χ1v) is 7.10. The third-order valence-electron chi connectivity index (χ3n) is 3.50. The van der Waals surface area contributed by atoms with Crippen LogP contribution in [0.2, 0.25) is 0 Å². The molecule has 0 aliphatic carbocycles. The predicted octanol–water partition coefficient (Wildman–Crippen LogP) is 2.67. The Bertz CT molecular complexity index is 586. The molecule has 110 valence electrons. The summed E-state index contributed by atoms with van der Waals surface area (Å²) in [5.41, 5.74) is 8.42. The summed E-state index contributed by atoms with van der Waals surface area (Å²) in [6.07, 6.45) is 0.898. The van der Waals surface area contributed by atoms with Gasteiger partial charge in [0.2, 0.25) is 6.79 Å².